The number of nitrogens with zero attached hydrogens (tertiary/aromatic N) is 1. The third kappa shape index (κ3) is 3.07. The molecule has 0 N–H and O–H groups in total. The molecular weight excluding hydrogens is 214 g/mol. The number of benzene rings is 1. The van der Waals surface area contributed by atoms with Gasteiger partial charge < -0.3 is 9.64 Å². The SMILES string of the molecule is CC(=O)c1cccc(OCC2CCCN2C)c1. The van der Waals surface area contributed by atoms with Crippen molar-refractivity contribution in [1.82, 2.24) is 4.90 Å². The second-order valence-corrected chi connectivity index (χ2v) is 4.67. The van der Waals surface area contributed by atoms with Crippen LogP contribution in [0.2, 0.25) is 0 Å². The van der Waals surface area contributed by atoms with Gasteiger partial charge >= 0.3 is 0 Å². The van der Waals surface area contributed by atoms with Crippen LogP contribution in [0.25, 0.3) is 0 Å². The average Bonchev–Trinajstić information content (AvgIpc) is 2.72. The highest BCUT2D eigenvalue weighted by molar-refractivity contribution is 5.94. The Bertz CT molecular complexity index is 403. The van der Waals surface area contributed by atoms with Crippen molar-refractivity contribution in [2.75, 3.05) is 20.2 Å². The van der Waals surface area contributed by atoms with Crippen molar-refractivity contribution in [3.8, 4) is 5.75 Å². The highest BCUT2D eigenvalue weighted by Gasteiger charge is 2.21. The number of carbonyl (C=O) groups is 1. The fourth-order valence-corrected chi connectivity index (χ4v) is 2.19. The van der Waals surface area contributed by atoms with Gasteiger partial charge in [0.2, 0.25) is 0 Å². The lowest BCUT2D eigenvalue weighted by atomic mass is 10.1. The molecule has 0 bridgehead atoms. The highest BCUT2D eigenvalue weighted by atomic mass is 16.5. The van der Waals surface area contributed by atoms with E-state index in [4.69, 9.17) is 4.74 Å². The van der Waals surface area contributed by atoms with Crippen LogP contribution in [-0.2, 0) is 0 Å². The van der Waals surface area contributed by atoms with E-state index in [0.29, 0.717) is 18.2 Å². The molecule has 1 fully saturated rings. The minimum absolute atomic E-state index is 0.0773. The smallest absolute Gasteiger partial charge is 0.159 e. The van der Waals surface area contributed by atoms with Gasteiger partial charge in [0.25, 0.3) is 0 Å². The van der Waals surface area contributed by atoms with E-state index in [0.717, 1.165) is 12.3 Å². The summed E-state index contributed by atoms with van der Waals surface area (Å²) < 4.78 is 5.76. The Morgan fingerprint density at radius 3 is 3.00 bits per heavy atom. The quantitative estimate of drug-likeness (QED) is 0.748. The van der Waals surface area contributed by atoms with Gasteiger partial charge in [-0.1, -0.05) is 12.1 Å². The molecule has 1 aromatic carbocycles. The van der Waals surface area contributed by atoms with Crippen LogP contribution in [0.4, 0.5) is 0 Å². The Labute approximate surface area is 102 Å². The largest absolute Gasteiger partial charge is 0.492 e. The number of likely N-dealkylation sites (N-methyl/N-ethyl adjacent to an activating group) is 1. The van der Waals surface area contributed by atoms with Gasteiger partial charge in [0.05, 0.1) is 0 Å². The van der Waals surface area contributed by atoms with Crippen LogP contribution < -0.4 is 4.74 Å². The number of hydrogen-bond donors (Lipinski definition) is 0. The Balaban J connectivity index is 1.94. The summed E-state index contributed by atoms with van der Waals surface area (Å²) in [6, 6.07) is 7.91. The van der Waals surface area contributed by atoms with Gasteiger partial charge in [-0.25, -0.2) is 0 Å². The monoisotopic (exact) mass is 233 g/mol. The predicted octanol–water partition coefficient (Wildman–Crippen LogP) is 2.36. The van der Waals surface area contributed by atoms with Crippen molar-refractivity contribution in [3.05, 3.63) is 29.8 Å². The third-order valence-corrected chi connectivity index (χ3v) is 3.35. The molecule has 1 aromatic rings. The van der Waals surface area contributed by atoms with Crippen molar-refractivity contribution in [2.45, 2.75) is 25.8 Å². The molecule has 1 aliphatic rings. The van der Waals surface area contributed by atoms with Crippen molar-refractivity contribution in [1.29, 1.82) is 0 Å². The molecule has 3 nitrogen and oxygen atoms in total. The minimum Gasteiger partial charge on any atom is -0.492 e. The van der Waals surface area contributed by atoms with E-state index >= 15 is 0 Å². The second-order valence-electron chi connectivity index (χ2n) is 4.67. The minimum atomic E-state index is 0.0773. The number of hydrogen-bond acceptors (Lipinski definition) is 3. The lowest BCUT2D eigenvalue weighted by Crippen LogP contribution is -2.30. The fourth-order valence-electron chi connectivity index (χ4n) is 2.19. The molecule has 92 valence electrons. The number of carbonyl (C=O) groups excluding carboxylic acids is 1. The Hall–Kier alpha value is -1.35. The molecule has 3 heteroatoms. The normalized spacial score (nSPS) is 20.5. The summed E-state index contributed by atoms with van der Waals surface area (Å²) in [6.07, 6.45) is 2.45. The second kappa shape index (κ2) is 5.32. The summed E-state index contributed by atoms with van der Waals surface area (Å²) in [6.45, 7) is 3.43. The molecule has 1 unspecified atom stereocenters. The molecule has 0 saturated carbocycles. The van der Waals surface area contributed by atoms with Crippen LogP contribution in [-0.4, -0.2) is 36.9 Å². The van der Waals surface area contributed by atoms with E-state index in [-0.39, 0.29) is 5.78 Å². The summed E-state index contributed by atoms with van der Waals surface area (Å²) in [5, 5.41) is 0. The maximum atomic E-state index is 11.2. The molecule has 1 heterocycles. The first-order valence-electron chi connectivity index (χ1n) is 6.11. The zero-order valence-electron chi connectivity index (χ0n) is 10.5. The predicted molar refractivity (Wildman–Crippen MR) is 67.6 cm³/mol. The molecule has 1 atom stereocenters. The topological polar surface area (TPSA) is 29.5 Å². The lowest BCUT2D eigenvalue weighted by molar-refractivity contribution is 0.101. The Morgan fingerprint density at radius 2 is 2.35 bits per heavy atom. The van der Waals surface area contributed by atoms with Crippen LogP contribution in [0, 0.1) is 0 Å². The van der Waals surface area contributed by atoms with Crippen LogP contribution in [0.3, 0.4) is 0 Å². The number of Topliss-reactive ketones (excluding diaryl/α,β-unsaturated/α-hetero) is 1. The Kier molecular flexibility index (Phi) is 3.79. The highest BCUT2D eigenvalue weighted by Crippen LogP contribution is 2.18. The zero-order chi connectivity index (χ0) is 12.3. The van der Waals surface area contributed by atoms with Gasteiger partial charge in [-0.2, -0.15) is 0 Å². The van der Waals surface area contributed by atoms with E-state index in [1.165, 1.54) is 12.8 Å². The van der Waals surface area contributed by atoms with Gasteiger partial charge in [-0.15, -0.1) is 0 Å². The third-order valence-electron chi connectivity index (χ3n) is 3.35. The van der Waals surface area contributed by atoms with E-state index in [1.807, 2.05) is 24.3 Å². The number of rotatable bonds is 4. The first-order chi connectivity index (χ1) is 8.16. The van der Waals surface area contributed by atoms with Crippen LogP contribution in [0.15, 0.2) is 24.3 Å². The van der Waals surface area contributed by atoms with Gasteiger partial charge in [0.15, 0.2) is 5.78 Å². The molecule has 0 amide bonds. The van der Waals surface area contributed by atoms with Gasteiger partial charge in [-0.3, -0.25) is 4.79 Å². The van der Waals surface area contributed by atoms with Crippen LogP contribution in [0.1, 0.15) is 30.1 Å². The van der Waals surface area contributed by atoms with E-state index in [2.05, 4.69) is 11.9 Å². The van der Waals surface area contributed by atoms with Crippen molar-refractivity contribution < 1.29 is 9.53 Å². The van der Waals surface area contributed by atoms with E-state index < -0.39 is 0 Å². The molecule has 0 spiro atoms. The maximum Gasteiger partial charge on any atom is 0.159 e. The molecule has 1 saturated heterocycles. The lowest BCUT2D eigenvalue weighted by Gasteiger charge is -2.19. The van der Waals surface area contributed by atoms with Gasteiger partial charge in [0, 0.05) is 11.6 Å². The molecule has 1 aliphatic heterocycles. The Morgan fingerprint density at radius 1 is 1.53 bits per heavy atom. The summed E-state index contributed by atoms with van der Waals surface area (Å²) in [5.41, 5.74) is 0.710. The molecule has 2 rings (SSSR count). The van der Waals surface area contributed by atoms with Crippen molar-refractivity contribution >= 4 is 5.78 Å². The first-order valence-corrected chi connectivity index (χ1v) is 6.11. The summed E-state index contributed by atoms with van der Waals surface area (Å²) >= 11 is 0. The van der Waals surface area contributed by atoms with Crippen molar-refractivity contribution in [2.24, 2.45) is 0 Å². The number of ketones is 1. The van der Waals surface area contributed by atoms with Gasteiger partial charge in [0.1, 0.15) is 12.4 Å². The molecular formula is C14H19NO2. The summed E-state index contributed by atoms with van der Waals surface area (Å²) in [5.74, 6) is 0.867. The molecule has 0 radical (unpaired) electrons. The maximum absolute atomic E-state index is 11.2. The molecule has 0 aromatic heterocycles. The van der Waals surface area contributed by atoms with Crippen LogP contribution >= 0.6 is 0 Å². The fraction of sp³-hybridized carbons (Fsp3) is 0.500. The summed E-state index contributed by atoms with van der Waals surface area (Å²) in [7, 11) is 2.13. The molecule has 0 aliphatic carbocycles. The van der Waals surface area contributed by atoms with E-state index in [1.54, 1.807) is 6.92 Å². The first kappa shape index (κ1) is 12.1. The van der Waals surface area contributed by atoms with Crippen LogP contribution in [0.5, 0.6) is 5.75 Å². The standard InChI is InChI=1S/C14H19NO2/c1-11(16)12-5-3-7-14(9-12)17-10-13-6-4-8-15(13)2/h3,5,7,9,13H,4,6,8,10H2,1-2H3. The van der Waals surface area contributed by atoms with Crippen molar-refractivity contribution in [3.63, 3.8) is 0 Å². The zero-order valence-corrected chi connectivity index (χ0v) is 10.5. The number of ether oxygens (including phenoxy) is 1. The van der Waals surface area contributed by atoms with Gasteiger partial charge in [-0.05, 0) is 45.5 Å². The summed E-state index contributed by atoms with van der Waals surface area (Å²) in [4.78, 5) is 13.6. The van der Waals surface area contributed by atoms with E-state index in [9.17, 15) is 4.79 Å². The average molecular weight is 233 g/mol. The molecule has 17 heavy (non-hydrogen) atoms. The number of likely N-dealkylation sites (tertiary alicyclic amines) is 1.